The molecular formula is C12H13ClN2. The number of benzene rings is 1. The second-order valence-electron chi connectivity index (χ2n) is 3.63. The maximum absolute atomic E-state index is 6.03. The van der Waals surface area contributed by atoms with Crippen LogP contribution in [-0.2, 0) is 6.42 Å². The smallest absolute Gasteiger partial charge is 0.127 e. The molecule has 2 nitrogen and oxygen atoms in total. The first-order chi connectivity index (χ1) is 7.13. The van der Waals surface area contributed by atoms with Gasteiger partial charge in [-0.05, 0) is 36.6 Å². The molecule has 1 aromatic heterocycles. The number of hydrogen-bond donors (Lipinski definition) is 1. The van der Waals surface area contributed by atoms with E-state index >= 15 is 0 Å². The average Bonchev–Trinajstić information content (AvgIpc) is 2.24. The van der Waals surface area contributed by atoms with Gasteiger partial charge in [-0.2, -0.15) is 0 Å². The monoisotopic (exact) mass is 220 g/mol. The van der Waals surface area contributed by atoms with E-state index in [9.17, 15) is 0 Å². The van der Waals surface area contributed by atoms with E-state index in [2.05, 4.69) is 18.0 Å². The third-order valence-electron chi connectivity index (χ3n) is 2.67. The molecule has 0 aliphatic heterocycles. The van der Waals surface area contributed by atoms with Gasteiger partial charge in [0.2, 0.25) is 0 Å². The van der Waals surface area contributed by atoms with Gasteiger partial charge in [-0.25, -0.2) is 4.98 Å². The Bertz CT molecular complexity index is 521. The van der Waals surface area contributed by atoms with E-state index < -0.39 is 0 Å². The Morgan fingerprint density at radius 2 is 2.13 bits per heavy atom. The summed E-state index contributed by atoms with van der Waals surface area (Å²) in [5, 5.41) is 1.83. The Balaban J connectivity index is 2.81. The Kier molecular flexibility index (Phi) is 2.53. The Morgan fingerprint density at radius 3 is 2.80 bits per heavy atom. The first kappa shape index (κ1) is 10.2. The minimum Gasteiger partial charge on any atom is -0.383 e. The van der Waals surface area contributed by atoms with Crippen molar-refractivity contribution in [2.75, 3.05) is 5.73 Å². The number of rotatable bonds is 1. The molecule has 0 fully saturated rings. The van der Waals surface area contributed by atoms with E-state index in [1.54, 1.807) is 0 Å². The fraction of sp³-hybridized carbons (Fsp3) is 0.250. The number of anilines is 1. The lowest BCUT2D eigenvalue weighted by Crippen LogP contribution is -1.98. The zero-order valence-corrected chi connectivity index (χ0v) is 9.60. The maximum atomic E-state index is 6.03. The summed E-state index contributed by atoms with van der Waals surface area (Å²) in [7, 11) is 0. The normalized spacial score (nSPS) is 10.9. The van der Waals surface area contributed by atoms with E-state index in [1.807, 2.05) is 19.1 Å². The summed E-state index contributed by atoms with van der Waals surface area (Å²) in [5.41, 5.74) is 8.84. The van der Waals surface area contributed by atoms with Crippen molar-refractivity contribution >= 4 is 28.3 Å². The Morgan fingerprint density at radius 1 is 1.40 bits per heavy atom. The highest BCUT2D eigenvalue weighted by Crippen LogP contribution is 2.26. The first-order valence-corrected chi connectivity index (χ1v) is 5.35. The van der Waals surface area contributed by atoms with E-state index in [0.29, 0.717) is 5.82 Å². The number of nitrogens with two attached hydrogens (primary N) is 1. The van der Waals surface area contributed by atoms with Crippen molar-refractivity contribution in [3.05, 3.63) is 34.3 Å². The van der Waals surface area contributed by atoms with Gasteiger partial charge in [0.1, 0.15) is 5.82 Å². The van der Waals surface area contributed by atoms with E-state index in [1.165, 1.54) is 0 Å². The highest BCUT2D eigenvalue weighted by molar-refractivity contribution is 6.32. The topological polar surface area (TPSA) is 38.9 Å². The number of fused-ring (bicyclic) bond motifs is 1. The number of pyridine rings is 1. The van der Waals surface area contributed by atoms with Gasteiger partial charge >= 0.3 is 0 Å². The number of hydrogen-bond acceptors (Lipinski definition) is 2. The second-order valence-corrected chi connectivity index (χ2v) is 4.04. The molecule has 2 aromatic rings. The molecule has 0 aliphatic carbocycles. The SMILES string of the molecule is CCc1cc2ccc(Cl)c(C)c2nc1N. The molecule has 3 heteroatoms. The summed E-state index contributed by atoms with van der Waals surface area (Å²) >= 11 is 6.03. The van der Waals surface area contributed by atoms with Gasteiger partial charge in [0.15, 0.2) is 0 Å². The molecular weight excluding hydrogens is 208 g/mol. The molecule has 0 radical (unpaired) electrons. The third-order valence-corrected chi connectivity index (χ3v) is 3.08. The average molecular weight is 221 g/mol. The third kappa shape index (κ3) is 1.65. The summed E-state index contributed by atoms with van der Waals surface area (Å²) in [6.45, 7) is 4.03. The van der Waals surface area contributed by atoms with Crippen LogP contribution in [0.2, 0.25) is 5.02 Å². The molecule has 2 N–H and O–H groups in total. The van der Waals surface area contributed by atoms with Crippen LogP contribution in [0.25, 0.3) is 10.9 Å². The summed E-state index contributed by atoms with van der Waals surface area (Å²) in [5.74, 6) is 0.607. The van der Waals surface area contributed by atoms with Crippen molar-refractivity contribution in [2.45, 2.75) is 20.3 Å². The van der Waals surface area contributed by atoms with Crippen molar-refractivity contribution in [1.29, 1.82) is 0 Å². The molecule has 2 rings (SSSR count). The van der Waals surface area contributed by atoms with Crippen LogP contribution < -0.4 is 5.73 Å². The highest BCUT2D eigenvalue weighted by Gasteiger charge is 2.06. The molecule has 0 saturated carbocycles. The number of aromatic nitrogens is 1. The predicted octanol–water partition coefficient (Wildman–Crippen LogP) is 3.34. The van der Waals surface area contributed by atoms with Crippen LogP contribution in [0.3, 0.4) is 0 Å². The summed E-state index contributed by atoms with van der Waals surface area (Å²) in [6, 6.07) is 5.97. The summed E-state index contributed by atoms with van der Waals surface area (Å²) in [4.78, 5) is 4.40. The van der Waals surface area contributed by atoms with E-state index in [-0.39, 0.29) is 0 Å². The van der Waals surface area contributed by atoms with Crippen molar-refractivity contribution in [1.82, 2.24) is 4.98 Å². The number of nitrogens with zero attached hydrogens (tertiary/aromatic N) is 1. The molecule has 0 saturated heterocycles. The predicted molar refractivity (Wildman–Crippen MR) is 65.3 cm³/mol. The van der Waals surface area contributed by atoms with Crippen LogP contribution in [-0.4, -0.2) is 4.98 Å². The number of halogens is 1. The molecule has 15 heavy (non-hydrogen) atoms. The second kappa shape index (κ2) is 3.70. The fourth-order valence-corrected chi connectivity index (χ4v) is 1.85. The minimum atomic E-state index is 0.607. The lowest BCUT2D eigenvalue weighted by molar-refractivity contribution is 1.13. The molecule has 1 heterocycles. The lowest BCUT2D eigenvalue weighted by atomic mass is 10.1. The van der Waals surface area contributed by atoms with Gasteiger partial charge in [0.05, 0.1) is 5.52 Å². The molecule has 0 amide bonds. The van der Waals surface area contributed by atoms with Gasteiger partial charge < -0.3 is 5.73 Å². The van der Waals surface area contributed by atoms with E-state index in [4.69, 9.17) is 17.3 Å². The standard InChI is InChI=1S/C12H13ClN2/c1-3-8-6-9-4-5-10(13)7(2)11(9)15-12(8)14/h4-6H,3H2,1-2H3,(H2,14,15). The molecule has 0 aliphatic rings. The van der Waals surface area contributed by atoms with Gasteiger partial charge in [0.25, 0.3) is 0 Å². The van der Waals surface area contributed by atoms with Crippen LogP contribution in [0.15, 0.2) is 18.2 Å². The molecule has 0 unspecified atom stereocenters. The van der Waals surface area contributed by atoms with Crippen LogP contribution in [0, 0.1) is 6.92 Å². The van der Waals surface area contributed by atoms with Crippen LogP contribution in [0.5, 0.6) is 0 Å². The van der Waals surface area contributed by atoms with E-state index in [0.717, 1.165) is 33.5 Å². The minimum absolute atomic E-state index is 0.607. The van der Waals surface area contributed by atoms with Gasteiger partial charge in [-0.3, -0.25) is 0 Å². The molecule has 0 spiro atoms. The van der Waals surface area contributed by atoms with Crippen LogP contribution >= 0.6 is 11.6 Å². The molecule has 1 aromatic carbocycles. The Labute approximate surface area is 94.1 Å². The highest BCUT2D eigenvalue weighted by atomic mass is 35.5. The molecule has 0 atom stereocenters. The van der Waals surface area contributed by atoms with Crippen molar-refractivity contribution in [2.24, 2.45) is 0 Å². The molecule has 0 bridgehead atoms. The zero-order valence-electron chi connectivity index (χ0n) is 8.84. The number of nitrogen functional groups attached to an aromatic ring is 1. The largest absolute Gasteiger partial charge is 0.383 e. The quantitative estimate of drug-likeness (QED) is 0.801. The van der Waals surface area contributed by atoms with Crippen molar-refractivity contribution in [3.8, 4) is 0 Å². The fourth-order valence-electron chi connectivity index (χ4n) is 1.70. The Hall–Kier alpha value is -1.28. The first-order valence-electron chi connectivity index (χ1n) is 4.97. The van der Waals surface area contributed by atoms with Gasteiger partial charge in [-0.15, -0.1) is 0 Å². The van der Waals surface area contributed by atoms with Crippen molar-refractivity contribution in [3.63, 3.8) is 0 Å². The maximum Gasteiger partial charge on any atom is 0.127 e. The van der Waals surface area contributed by atoms with Crippen LogP contribution in [0.4, 0.5) is 5.82 Å². The van der Waals surface area contributed by atoms with Gasteiger partial charge in [-0.1, -0.05) is 24.6 Å². The van der Waals surface area contributed by atoms with Crippen molar-refractivity contribution < 1.29 is 0 Å². The van der Waals surface area contributed by atoms with Crippen LogP contribution in [0.1, 0.15) is 18.1 Å². The summed E-state index contributed by atoms with van der Waals surface area (Å²) < 4.78 is 0. The summed E-state index contributed by atoms with van der Waals surface area (Å²) in [6.07, 6.45) is 0.899. The van der Waals surface area contributed by atoms with Gasteiger partial charge in [0, 0.05) is 10.4 Å². The lowest BCUT2D eigenvalue weighted by Gasteiger charge is -2.07. The zero-order chi connectivity index (χ0) is 11.0. The molecule has 78 valence electrons. The number of aryl methyl sites for hydroxylation is 2.